The van der Waals surface area contributed by atoms with E-state index in [0.29, 0.717) is 17.6 Å². The second kappa shape index (κ2) is 4.36. The molecular weight excluding hydrogens is 236 g/mol. The minimum absolute atomic E-state index is 0.374. The third kappa shape index (κ3) is 2.07. The van der Waals surface area contributed by atoms with Gasteiger partial charge in [-0.15, -0.1) is 0 Å². The van der Waals surface area contributed by atoms with Crippen molar-refractivity contribution in [3.8, 4) is 5.75 Å². The summed E-state index contributed by atoms with van der Waals surface area (Å²) in [6.07, 6.45) is 5.46. The number of ether oxygens (including phenoxy) is 1. The normalized spacial score (nSPS) is 35.2. The lowest BCUT2D eigenvalue weighted by molar-refractivity contribution is -0.123. The summed E-state index contributed by atoms with van der Waals surface area (Å²) in [6, 6.07) is 8.21. The van der Waals surface area contributed by atoms with Crippen LogP contribution in [0.25, 0.3) is 0 Å². The van der Waals surface area contributed by atoms with Gasteiger partial charge in [0, 0.05) is 12.3 Å². The van der Waals surface area contributed by atoms with E-state index in [0.717, 1.165) is 37.0 Å². The van der Waals surface area contributed by atoms with Crippen molar-refractivity contribution in [1.82, 2.24) is 0 Å². The zero-order valence-electron chi connectivity index (χ0n) is 11.2. The van der Waals surface area contributed by atoms with Crippen molar-refractivity contribution in [3.05, 3.63) is 29.8 Å². The maximum absolute atomic E-state index is 12.4. The fourth-order valence-electron chi connectivity index (χ4n) is 4.02. The Morgan fingerprint density at radius 1 is 1.16 bits per heavy atom. The zero-order valence-corrected chi connectivity index (χ0v) is 11.2. The van der Waals surface area contributed by atoms with Gasteiger partial charge in [0.15, 0.2) is 0 Å². The van der Waals surface area contributed by atoms with Crippen molar-refractivity contribution < 1.29 is 9.53 Å². The number of fused-ring (bicyclic) bond motifs is 2. The number of Topliss-reactive ketones (excluding diaryl/α,β-unsaturated/α-hetero) is 1. The predicted molar refractivity (Wildman–Crippen MR) is 73.2 cm³/mol. The number of benzene rings is 1. The number of carbonyl (C=O) groups excluding carboxylic acids is 1. The van der Waals surface area contributed by atoms with Crippen LogP contribution in [0.15, 0.2) is 24.3 Å². The van der Waals surface area contributed by atoms with E-state index in [4.69, 9.17) is 4.74 Å². The van der Waals surface area contributed by atoms with Crippen LogP contribution in [0.5, 0.6) is 5.75 Å². The summed E-state index contributed by atoms with van der Waals surface area (Å²) in [5.41, 5.74) is 1.24. The molecule has 0 amide bonds. The first-order valence-electron chi connectivity index (χ1n) is 7.55. The van der Waals surface area contributed by atoms with Crippen molar-refractivity contribution in [1.29, 1.82) is 0 Å². The lowest BCUT2D eigenvalue weighted by Crippen LogP contribution is -2.20. The van der Waals surface area contributed by atoms with Crippen molar-refractivity contribution in [3.63, 3.8) is 0 Å². The molecular formula is C17H20O2. The quantitative estimate of drug-likeness (QED) is 0.826. The van der Waals surface area contributed by atoms with E-state index in [1.807, 2.05) is 12.1 Å². The number of carbonyl (C=O) groups is 1. The molecule has 0 aromatic heterocycles. The molecule has 0 saturated heterocycles. The van der Waals surface area contributed by atoms with Crippen LogP contribution in [0, 0.1) is 17.8 Å². The molecule has 3 atom stereocenters. The minimum Gasteiger partial charge on any atom is -0.493 e. The minimum atomic E-state index is 0.374. The Morgan fingerprint density at radius 3 is 2.79 bits per heavy atom. The Kier molecular flexibility index (Phi) is 2.64. The fraction of sp³-hybridized carbons (Fsp3) is 0.588. The summed E-state index contributed by atoms with van der Waals surface area (Å²) < 4.78 is 5.67. The molecule has 2 aliphatic carbocycles. The van der Waals surface area contributed by atoms with Crippen LogP contribution in [-0.2, 0) is 4.79 Å². The van der Waals surface area contributed by atoms with Gasteiger partial charge in [0.1, 0.15) is 11.5 Å². The molecule has 1 aromatic rings. The summed E-state index contributed by atoms with van der Waals surface area (Å²) in [6.45, 7) is 0.755. The lowest BCUT2D eigenvalue weighted by Gasteiger charge is -2.26. The second-order valence-corrected chi connectivity index (χ2v) is 6.47. The predicted octanol–water partition coefficient (Wildman–Crippen LogP) is 3.56. The summed E-state index contributed by atoms with van der Waals surface area (Å²) in [4.78, 5) is 12.4. The molecule has 2 fully saturated rings. The topological polar surface area (TPSA) is 26.3 Å². The van der Waals surface area contributed by atoms with Crippen LogP contribution in [-0.4, -0.2) is 12.4 Å². The van der Waals surface area contributed by atoms with E-state index in [-0.39, 0.29) is 0 Å². The SMILES string of the molecule is O=C(CC1CCOc2ccccc21)C1CC2CC2C1. The third-order valence-corrected chi connectivity index (χ3v) is 5.23. The number of hydrogen-bond acceptors (Lipinski definition) is 2. The molecule has 0 bridgehead atoms. The Hall–Kier alpha value is -1.31. The molecule has 0 spiro atoms. The molecule has 1 aliphatic heterocycles. The third-order valence-electron chi connectivity index (χ3n) is 5.23. The Balaban J connectivity index is 1.47. The monoisotopic (exact) mass is 256 g/mol. The lowest BCUT2D eigenvalue weighted by atomic mass is 9.84. The van der Waals surface area contributed by atoms with Crippen molar-refractivity contribution in [2.24, 2.45) is 17.8 Å². The van der Waals surface area contributed by atoms with E-state index in [2.05, 4.69) is 12.1 Å². The van der Waals surface area contributed by atoms with Crippen LogP contribution in [0.4, 0.5) is 0 Å². The number of para-hydroxylation sites is 1. The van der Waals surface area contributed by atoms with E-state index in [9.17, 15) is 4.79 Å². The maximum atomic E-state index is 12.4. The van der Waals surface area contributed by atoms with E-state index in [1.165, 1.54) is 24.8 Å². The summed E-state index contributed by atoms with van der Waals surface area (Å²) in [5, 5.41) is 0. The van der Waals surface area contributed by atoms with Crippen LogP contribution in [0.2, 0.25) is 0 Å². The highest BCUT2D eigenvalue weighted by Crippen LogP contribution is 2.55. The number of hydrogen-bond donors (Lipinski definition) is 0. The molecule has 1 heterocycles. The maximum Gasteiger partial charge on any atom is 0.136 e. The van der Waals surface area contributed by atoms with Crippen molar-refractivity contribution in [2.75, 3.05) is 6.61 Å². The van der Waals surface area contributed by atoms with Gasteiger partial charge in [-0.1, -0.05) is 18.2 Å². The molecule has 1 aromatic carbocycles. The molecule has 0 radical (unpaired) electrons. The van der Waals surface area contributed by atoms with Crippen molar-refractivity contribution in [2.45, 2.75) is 38.0 Å². The fourth-order valence-corrected chi connectivity index (χ4v) is 4.02. The molecule has 2 saturated carbocycles. The summed E-state index contributed by atoms with van der Waals surface area (Å²) in [5.74, 6) is 4.05. The van der Waals surface area contributed by atoms with Crippen LogP contribution < -0.4 is 4.74 Å². The highest BCUT2D eigenvalue weighted by Gasteiger charge is 2.48. The van der Waals surface area contributed by atoms with Gasteiger partial charge in [-0.05, 0) is 55.1 Å². The van der Waals surface area contributed by atoms with Gasteiger partial charge in [0.25, 0.3) is 0 Å². The van der Waals surface area contributed by atoms with Gasteiger partial charge >= 0.3 is 0 Å². The van der Waals surface area contributed by atoms with E-state index < -0.39 is 0 Å². The average molecular weight is 256 g/mol. The molecule has 3 aliphatic rings. The first-order valence-corrected chi connectivity index (χ1v) is 7.55. The van der Waals surface area contributed by atoms with Gasteiger partial charge in [-0.25, -0.2) is 0 Å². The molecule has 4 rings (SSSR count). The smallest absolute Gasteiger partial charge is 0.136 e. The molecule has 2 nitrogen and oxygen atoms in total. The van der Waals surface area contributed by atoms with E-state index in [1.54, 1.807) is 0 Å². The summed E-state index contributed by atoms with van der Waals surface area (Å²) >= 11 is 0. The van der Waals surface area contributed by atoms with Crippen LogP contribution in [0.3, 0.4) is 0 Å². The largest absolute Gasteiger partial charge is 0.493 e. The Labute approximate surface area is 114 Å². The van der Waals surface area contributed by atoms with Gasteiger partial charge in [-0.2, -0.15) is 0 Å². The molecule has 2 heteroatoms. The van der Waals surface area contributed by atoms with Gasteiger partial charge < -0.3 is 4.74 Å². The average Bonchev–Trinajstić information content (AvgIpc) is 3.05. The van der Waals surface area contributed by atoms with Gasteiger partial charge in [0.2, 0.25) is 0 Å². The van der Waals surface area contributed by atoms with Crippen LogP contribution >= 0.6 is 0 Å². The highest BCUT2D eigenvalue weighted by atomic mass is 16.5. The van der Waals surface area contributed by atoms with E-state index >= 15 is 0 Å². The first kappa shape index (κ1) is 11.5. The van der Waals surface area contributed by atoms with Crippen molar-refractivity contribution >= 4 is 5.78 Å². The summed E-state index contributed by atoms with van der Waals surface area (Å²) in [7, 11) is 0. The Morgan fingerprint density at radius 2 is 1.95 bits per heavy atom. The highest BCUT2D eigenvalue weighted by molar-refractivity contribution is 5.82. The number of ketones is 1. The number of rotatable bonds is 3. The standard InChI is InChI=1S/C17H20O2/c18-16(14-8-12-7-13(12)9-14)10-11-5-6-19-17-4-2-1-3-15(11)17/h1-4,11-14H,5-10H2. The molecule has 0 N–H and O–H groups in total. The first-order chi connectivity index (χ1) is 9.31. The van der Waals surface area contributed by atoms with Crippen LogP contribution in [0.1, 0.15) is 43.6 Å². The molecule has 3 unspecified atom stereocenters. The van der Waals surface area contributed by atoms with Gasteiger partial charge in [-0.3, -0.25) is 4.79 Å². The molecule has 100 valence electrons. The molecule has 19 heavy (non-hydrogen) atoms. The van der Waals surface area contributed by atoms with Gasteiger partial charge in [0.05, 0.1) is 6.61 Å². The Bertz CT molecular complexity index is 498. The zero-order chi connectivity index (χ0) is 12.8. The second-order valence-electron chi connectivity index (χ2n) is 6.47.